The van der Waals surface area contributed by atoms with Crippen molar-refractivity contribution in [2.75, 3.05) is 31.1 Å². The summed E-state index contributed by atoms with van der Waals surface area (Å²) in [4.78, 5) is 22.8. The SMILES string of the molecule is Cc1cn2nc([C@@H]3CCCCN3C(=O)C3NCCCC3C)cc2nc1N1CC[C@H](N)C1. The van der Waals surface area contributed by atoms with Crippen molar-refractivity contribution in [2.24, 2.45) is 11.7 Å². The van der Waals surface area contributed by atoms with E-state index in [1.54, 1.807) is 0 Å². The molecule has 4 atom stereocenters. The van der Waals surface area contributed by atoms with Crippen molar-refractivity contribution in [2.45, 2.75) is 70.5 Å². The first kappa shape index (κ1) is 20.7. The van der Waals surface area contributed by atoms with E-state index >= 15 is 0 Å². The topological polar surface area (TPSA) is 91.8 Å². The Labute approximate surface area is 184 Å². The smallest absolute Gasteiger partial charge is 0.240 e. The van der Waals surface area contributed by atoms with E-state index in [0.717, 1.165) is 87.4 Å². The molecule has 3 aliphatic heterocycles. The number of rotatable bonds is 3. The van der Waals surface area contributed by atoms with Crippen LogP contribution in [0.25, 0.3) is 5.65 Å². The van der Waals surface area contributed by atoms with Gasteiger partial charge in [0.25, 0.3) is 0 Å². The molecule has 168 valence electrons. The van der Waals surface area contributed by atoms with Crippen molar-refractivity contribution < 1.29 is 4.79 Å². The molecule has 8 heteroatoms. The first-order valence-electron chi connectivity index (χ1n) is 11.9. The van der Waals surface area contributed by atoms with Crippen molar-refractivity contribution in [3.05, 3.63) is 23.5 Å². The van der Waals surface area contributed by atoms with Crippen molar-refractivity contribution in [3.8, 4) is 0 Å². The van der Waals surface area contributed by atoms with Crippen molar-refractivity contribution in [1.82, 2.24) is 24.8 Å². The monoisotopic (exact) mass is 425 g/mol. The number of anilines is 1. The number of aryl methyl sites for hydroxylation is 1. The second-order valence-electron chi connectivity index (χ2n) is 9.71. The average Bonchev–Trinajstić information content (AvgIpc) is 3.38. The van der Waals surface area contributed by atoms with Crippen LogP contribution in [0, 0.1) is 12.8 Å². The highest BCUT2D eigenvalue weighted by Crippen LogP contribution is 2.33. The summed E-state index contributed by atoms with van der Waals surface area (Å²) in [5.74, 6) is 1.62. The van der Waals surface area contributed by atoms with Gasteiger partial charge in [-0.15, -0.1) is 0 Å². The Balaban J connectivity index is 1.43. The molecule has 0 bridgehead atoms. The van der Waals surface area contributed by atoms with Gasteiger partial charge in [-0.25, -0.2) is 9.50 Å². The fourth-order valence-electron chi connectivity index (χ4n) is 5.54. The Morgan fingerprint density at radius 3 is 2.84 bits per heavy atom. The van der Waals surface area contributed by atoms with Crippen LogP contribution in [0.5, 0.6) is 0 Å². The van der Waals surface area contributed by atoms with Crippen LogP contribution >= 0.6 is 0 Å². The molecule has 0 aliphatic carbocycles. The summed E-state index contributed by atoms with van der Waals surface area (Å²) in [6.45, 7) is 7.81. The van der Waals surface area contributed by atoms with E-state index in [9.17, 15) is 4.79 Å². The Morgan fingerprint density at radius 1 is 1.19 bits per heavy atom. The summed E-state index contributed by atoms with van der Waals surface area (Å²) in [6, 6.07) is 2.25. The number of hydrogen-bond acceptors (Lipinski definition) is 6. The van der Waals surface area contributed by atoms with E-state index in [1.165, 1.54) is 0 Å². The van der Waals surface area contributed by atoms with Crippen LogP contribution in [0.3, 0.4) is 0 Å². The number of amides is 1. The molecule has 31 heavy (non-hydrogen) atoms. The van der Waals surface area contributed by atoms with Gasteiger partial charge < -0.3 is 20.9 Å². The molecule has 1 amide bonds. The van der Waals surface area contributed by atoms with Crippen LogP contribution in [0.2, 0.25) is 0 Å². The third-order valence-electron chi connectivity index (χ3n) is 7.31. The highest BCUT2D eigenvalue weighted by molar-refractivity contribution is 5.83. The highest BCUT2D eigenvalue weighted by Gasteiger charge is 2.37. The zero-order valence-electron chi connectivity index (χ0n) is 18.8. The molecule has 3 aliphatic rings. The van der Waals surface area contributed by atoms with Crippen molar-refractivity contribution >= 4 is 17.4 Å². The van der Waals surface area contributed by atoms with E-state index in [-0.39, 0.29) is 24.0 Å². The number of nitrogens with two attached hydrogens (primary N) is 1. The molecule has 8 nitrogen and oxygen atoms in total. The third kappa shape index (κ3) is 3.91. The summed E-state index contributed by atoms with van der Waals surface area (Å²) in [6.07, 6.45) is 8.48. The maximum atomic E-state index is 13.5. The molecule has 3 fully saturated rings. The molecular weight excluding hydrogens is 390 g/mol. The van der Waals surface area contributed by atoms with Gasteiger partial charge in [0, 0.05) is 43.5 Å². The molecule has 3 N–H and O–H groups in total. The number of carbonyl (C=O) groups is 1. The summed E-state index contributed by atoms with van der Waals surface area (Å²) >= 11 is 0. The molecule has 5 rings (SSSR count). The number of carbonyl (C=O) groups excluding carboxylic acids is 1. The van der Waals surface area contributed by atoms with Gasteiger partial charge in [-0.05, 0) is 57.9 Å². The van der Waals surface area contributed by atoms with Crippen LogP contribution in [0.15, 0.2) is 12.3 Å². The van der Waals surface area contributed by atoms with Gasteiger partial charge in [-0.3, -0.25) is 4.79 Å². The van der Waals surface area contributed by atoms with Gasteiger partial charge in [0.2, 0.25) is 5.91 Å². The molecular formula is C23H35N7O. The fourth-order valence-corrected chi connectivity index (χ4v) is 5.54. The van der Waals surface area contributed by atoms with Crippen LogP contribution in [0.4, 0.5) is 5.82 Å². The fraction of sp³-hybridized carbons (Fsp3) is 0.696. The molecule has 0 saturated carbocycles. The van der Waals surface area contributed by atoms with Crippen LogP contribution in [0.1, 0.15) is 62.7 Å². The molecule has 2 unspecified atom stereocenters. The first-order chi connectivity index (χ1) is 15.0. The van der Waals surface area contributed by atoms with Gasteiger partial charge in [0.15, 0.2) is 5.65 Å². The average molecular weight is 426 g/mol. The van der Waals surface area contributed by atoms with Gasteiger partial charge in [0.1, 0.15) is 5.82 Å². The Morgan fingerprint density at radius 2 is 2.06 bits per heavy atom. The molecule has 5 heterocycles. The van der Waals surface area contributed by atoms with Crippen molar-refractivity contribution in [3.63, 3.8) is 0 Å². The van der Waals surface area contributed by atoms with Gasteiger partial charge in [-0.2, -0.15) is 5.10 Å². The summed E-state index contributed by atoms with van der Waals surface area (Å²) < 4.78 is 1.88. The maximum Gasteiger partial charge on any atom is 0.240 e. The summed E-state index contributed by atoms with van der Waals surface area (Å²) in [5, 5.41) is 8.34. The third-order valence-corrected chi connectivity index (χ3v) is 7.31. The van der Waals surface area contributed by atoms with Gasteiger partial charge in [0.05, 0.1) is 17.8 Å². The number of likely N-dealkylation sites (tertiary alicyclic amines) is 1. The minimum absolute atomic E-state index is 0.0304. The lowest BCUT2D eigenvalue weighted by molar-refractivity contribution is -0.139. The molecule has 2 aromatic rings. The molecule has 0 radical (unpaired) electrons. The molecule has 2 aromatic heterocycles. The second kappa shape index (κ2) is 8.39. The standard InChI is InChI=1S/C23H35N7O/c1-15-6-5-9-25-21(15)23(31)29-10-4-3-7-19(29)18-12-20-26-22(16(2)13-30(20)27-18)28-11-8-17(24)14-28/h12-13,15,17,19,21,25H,3-11,14,24H2,1-2H3/t15?,17-,19-,21?/m0/s1. The quantitative estimate of drug-likeness (QED) is 0.782. The van der Waals surface area contributed by atoms with E-state index in [4.69, 9.17) is 15.8 Å². The Kier molecular flexibility index (Phi) is 5.60. The van der Waals surface area contributed by atoms with E-state index in [2.05, 4.69) is 41.2 Å². The molecule has 0 aromatic carbocycles. The zero-order valence-corrected chi connectivity index (χ0v) is 18.8. The number of piperidine rings is 2. The second-order valence-corrected chi connectivity index (χ2v) is 9.71. The normalized spacial score (nSPS) is 29.6. The van der Waals surface area contributed by atoms with E-state index < -0.39 is 0 Å². The number of nitrogens with one attached hydrogen (secondary N) is 1. The largest absolute Gasteiger partial charge is 0.355 e. The summed E-state index contributed by atoms with van der Waals surface area (Å²) in [5.41, 5.74) is 9.02. The van der Waals surface area contributed by atoms with Crippen molar-refractivity contribution in [1.29, 1.82) is 0 Å². The first-order valence-corrected chi connectivity index (χ1v) is 11.9. The zero-order chi connectivity index (χ0) is 21.5. The molecule has 3 saturated heterocycles. The van der Waals surface area contributed by atoms with E-state index in [0.29, 0.717) is 5.92 Å². The Bertz CT molecular complexity index is 957. The number of aromatic nitrogens is 3. The van der Waals surface area contributed by atoms with E-state index in [1.807, 2.05) is 4.52 Å². The lowest BCUT2D eigenvalue weighted by atomic mass is 9.90. The summed E-state index contributed by atoms with van der Waals surface area (Å²) in [7, 11) is 0. The minimum atomic E-state index is -0.0715. The Hall–Kier alpha value is -2.19. The lowest BCUT2D eigenvalue weighted by Crippen LogP contribution is -2.54. The van der Waals surface area contributed by atoms with Crippen LogP contribution in [-0.4, -0.2) is 63.7 Å². The van der Waals surface area contributed by atoms with Crippen LogP contribution < -0.4 is 16.0 Å². The maximum absolute atomic E-state index is 13.5. The number of hydrogen-bond donors (Lipinski definition) is 2. The van der Waals surface area contributed by atoms with Crippen LogP contribution in [-0.2, 0) is 4.79 Å². The minimum Gasteiger partial charge on any atom is -0.355 e. The lowest BCUT2D eigenvalue weighted by Gasteiger charge is -2.39. The highest BCUT2D eigenvalue weighted by atomic mass is 16.2. The number of fused-ring (bicyclic) bond motifs is 1. The van der Waals surface area contributed by atoms with Gasteiger partial charge in [-0.1, -0.05) is 6.92 Å². The predicted octanol–water partition coefficient (Wildman–Crippen LogP) is 2.02. The number of nitrogens with zero attached hydrogens (tertiary/aromatic N) is 5. The predicted molar refractivity (Wildman–Crippen MR) is 121 cm³/mol. The molecule has 0 spiro atoms. The van der Waals surface area contributed by atoms with Gasteiger partial charge >= 0.3 is 0 Å².